The number of methoxy groups -OCH3 is 1. The van der Waals surface area contributed by atoms with Crippen molar-refractivity contribution >= 4 is 5.97 Å². The number of piperidine rings is 1. The molecule has 0 radical (unpaired) electrons. The van der Waals surface area contributed by atoms with E-state index >= 15 is 0 Å². The van der Waals surface area contributed by atoms with Gasteiger partial charge in [0.15, 0.2) is 0 Å². The van der Waals surface area contributed by atoms with Gasteiger partial charge >= 0.3 is 5.97 Å². The summed E-state index contributed by atoms with van der Waals surface area (Å²) in [5.41, 5.74) is -0.862. The first-order chi connectivity index (χ1) is 7.57. The molecular weight excluding hydrogens is 206 g/mol. The third-order valence-electron chi connectivity index (χ3n) is 4.28. The molecule has 1 N–H and O–H groups in total. The maximum absolute atomic E-state index is 11.5. The van der Waals surface area contributed by atoms with Gasteiger partial charge < -0.3 is 14.7 Å². The summed E-state index contributed by atoms with van der Waals surface area (Å²) in [5.74, 6) is -0.714. The highest BCUT2D eigenvalue weighted by Gasteiger charge is 2.46. The van der Waals surface area contributed by atoms with Crippen molar-refractivity contribution in [3.05, 3.63) is 0 Å². The van der Waals surface area contributed by atoms with Gasteiger partial charge in [-0.05, 0) is 39.2 Å². The number of hydrogen-bond acceptors (Lipinski definition) is 4. The normalized spacial score (nSPS) is 36.8. The molecule has 2 aliphatic heterocycles. The summed E-state index contributed by atoms with van der Waals surface area (Å²) in [6, 6.07) is 0.464. The van der Waals surface area contributed by atoms with Crippen LogP contribution in [0.5, 0.6) is 0 Å². The van der Waals surface area contributed by atoms with Gasteiger partial charge in [0, 0.05) is 12.6 Å². The molecule has 0 aromatic rings. The monoisotopic (exact) mass is 227 g/mol. The molecule has 16 heavy (non-hydrogen) atoms. The van der Waals surface area contributed by atoms with Gasteiger partial charge in [-0.2, -0.15) is 0 Å². The van der Waals surface area contributed by atoms with Crippen LogP contribution in [0.15, 0.2) is 0 Å². The first kappa shape index (κ1) is 11.9. The zero-order valence-corrected chi connectivity index (χ0v) is 10.1. The summed E-state index contributed by atoms with van der Waals surface area (Å²) in [5, 5.41) is 10.6. The highest BCUT2D eigenvalue weighted by molar-refractivity contribution is 5.73. The lowest BCUT2D eigenvalue weighted by molar-refractivity contribution is -0.159. The Kier molecular flexibility index (Phi) is 3.22. The molecule has 2 rings (SSSR count). The summed E-state index contributed by atoms with van der Waals surface area (Å²) < 4.78 is 4.73. The predicted octanol–water partition coefficient (Wildman–Crippen LogP) is 0.785. The summed E-state index contributed by atoms with van der Waals surface area (Å²) in [4.78, 5) is 13.9. The third kappa shape index (κ3) is 1.96. The molecule has 92 valence electrons. The number of carbonyl (C=O) groups excluding carboxylic acids is 1. The van der Waals surface area contributed by atoms with Crippen molar-refractivity contribution in [2.45, 2.75) is 44.2 Å². The molecule has 4 nitrogen and oxygen atoms in total. The number of carbonyl (C=O) groups is 1. The summed E-state index contributed by atoms with van der Waals surface area (Å²) in [6.07, 6.45) is 3.76. The second kappa shape index (κ2) is 4.34. The first-order valence-electron chi connectivity index (χ1n) is 6.11. The zero-order valence-electron chi connectivity index (χ0n) is 10.1. The molecule has 2 fully saturated rings. The van der Waals surface area contributed by atoms with Crippen molar-refractivity contribution in [3.8, 4) is 0 Å². The summed E-state index contributed by atoms with van der Waals surface area (Å²) in [6.45, 7) is 3.83. The molecule has 0 bridgehead atoms. The molecule has 3 unspecified atom stereocenters. The first-order valence-corrected chi connectivity index (χ1v) is 6.11. The van der Waals surface area contributed by atoms with Crippen molar-refractivity contribution in [2.24, 2.45) is 5.92 Å². The Hall–Kier alpha value is -0.610. The molecule has 3 atom stereocenters. The summed E-state index contributed by atoms with van der Waals surface area (Å²) in [7, 11) is 1.38. The predicted molar refractivity (Wildman–Crippen MR) is 60.0 cm³/mol. The molecule has 0 spiro atoms. The van der Waals surface area contributed by atoms with Gasteiger partial charge in [-0.25, -0.2) is 0 Å². The zero-order chi connectivity index (χ0) is 11.8. The quantitative estimate of drug-likeness (QED) is 0.708. The van der Waals surface area contributed by atoms with E-state index in [0.29, 0.717) is 18.9 Å². The molecule has 0 saturated carbocycles. The highest BCUT2D eigenvalue weighted by atomic mass is 16.5. The van der Waals surface area contributed by atoms with Gasteiger partial charge in [0.25, 0.3) is 0 Å². The van der Waals surface area contributed by atoms with Gasteiger partial charge in [0.05, 0.1) is 18.6 Å². The number of hydrogen-bond donors (Lipinski definition) is 1. The molecule has 2 saturated heterocycles. The molecule has 0 aromatic carbocycles. The number of ether oxygens (including phenoxy) is 1. The van der Waals surface area contributed by atoms with Crippen LogP contribution in [0.2, 0.25) is 0 Å². The number of fused-ring (bicyclic) bond motifs is 1. The Morgan fingerprint density at radius 2 is 2.31 bits per heavy atom. The third-order valence-corrected chi connectivity index (χ3v) is 4.28. The number of aliphatic hydroxyl groups is 1. The topological polar surface area (TPSA) is 49.8 Å². The van der Waals surface area contributed by atoms with Crippen LogP contribution >= 0.6 is 0 Å². The molecule has 0 aliphatic carbocycles. The van der Waals surface area contributed by atoms with Crippen LogP contribution in [-0.2, 0) is 9.53 Å². The summed E-state index contributed by atoms with van der Waals surface area (Å²) >= 11 is 0. The second-order valence-corrected chi connectivity index (χ2v) is 5.13. The lowest BCUT2D eigenvalue weighted by Crippen LogP contribution is -2.52. The Morgan fingerprint density at radius 3 is 3.00 bits per heavy atom. The molecule has 2 aliphatic rings. The van der Waals surface area contributed by atoms with Gasteiger partial charge in [0.1, 0.15) is 0 Å². The number of rotatable bonds is 2. The standard InChI is InChI=1S/C12H21NO3/c1-9(11(14)16-2)12(15)5-7-13-6-3-4-10(13)8-12/h9-10,15H,3-8H2,1-2H3. The van der Waals surface area contributed by atoms with Crippen molar-refractivity contribution in [2.75, 3.05) is 20.2 Å². The lowest BCUT2D eigenvalue weighted by Gasteiger charge is -2.43. The van der Waals surface area contributed by atoms with Gasteiger partial charge in [-0.3, -0.25) is 4.79 Å². The molecule has 4 heteroatoms. The average Bonchev–Trinajstić information content (AvgIpc) is 2.73. The minimum Gasteiger partial charge on any atom is -0.469 e. The minimum absolute atomic E-state index is 0.297. The van der Waals surface area contributed by atoms with Crippen LogP contribution in [-0.4, -0.2) is 47.8 Å². The van der Waals surface area contributed by atoms with E-state index in [1.807, 2.05) is 0 Å². The smallest absolute Gasteiger partial charge is 0.311 e. The van der Waals surface area contributed by atoms with Gasteiger partial charge in [-0.15, -0.1) is 0 Å². The number of esters is 1. The maximum atomic E-state index is 11.5. The van der Waals surface area contributed by atoms with E-state index in [2.05, 4.69) is 4.90 Å². The molecular formula is C12H21NO3. The van der Waals surface area contributed by atoms with Crippen molar-refractivity contribution in [1.82, 2.24) is 4.90 Å². The lowest BCUT2D eigenvalue weighted by atomic mass is 9.77. The van der Waals surface area contributed by atoms with Crippen molar-refractivity contribution in [3.63, 3.8) is 0 Å². The van der Waals surface area contributed by atoms with Crippen molar-refractivity contribution in [1.29, 1.82) is 0 Å². The molecule has 0 aromatic heterocycles. The Balaban J connectivity index is 2.05. The van der Waals surface area contributed by atoms with Crippen LogP contribution in [0.4, 0.5) is 0 Å². The van der Waals surface area contributed by atoms with Crippen LogP contribution in [0.25, 0.3) is 0 Å². The van der Waals surface area contributed by atoms with Crippen LogP contribution in [0.3, 0.4) is 0 Å². The minimum atomic E-state index is -0.862. The fourth-order valence-electron chi connectivity index (χ4n) is 3.06. The maximum Gasteiger partial charge on any atom is 0.311 e. The second-order valence-electron chi connectivity index (χ2n) is 5.13. The van der Waals surface area contributed by atoms with E-state index in [0.717, 1.165) is 19.5 Å². The van der Waals surface area contributed by atoms with E-state index in [1.165, 1.54) is 13.5 Å². The fraction of sp³-hybridized carbons (Fsp3) is 0.917. The Bertz CT molecular complexity index is 281. The SMILES string of the molecule is COC(=O)C(C)C1(O)CCN2CCCC2C1. The van der Waals surface area contributed by atoms with E-state index in [9.17, 15) is 9.90 Å². The average molecular weight is 227 g/mol. The van der Waals surface area contributed by atoms with E-state index < -0.39 is 11.5 Å². The molecule has 2 heterocycles. The molecule has 0 amide bonds. The fourth-order valence-corrected chi connectivity index (χ4v) is 3.06. The largest absolute Gasteiger partial charge is 0.469 e. The van der Waals surface area contributed by atoms with Crippen LogP contribution < -0.4 is 0 Å². The number of nitrogens with zero attached hydrogens (tertiary/aromatic N) is 1. The van der Waals surface area contributed by atoms with Crippen LogP contribution in [0.1, 0.15) is 32.6 Å². The highest BCUT2D eigenvalue weighted by Crippen LogP contribution is 2.37. The van der Waals surface area contributed by atoms with E-state index in [4.69, 9.17) is 4.74 Å². The van der Waals surface area contributed by atoms with Crippen molar-refractivity contribution < 1.29 is 14.6 Å². The van der Waals surface area contributed by atoms with Crippen LogP contribution in [0, 0.1) is 5.92 Å². The Morgan fingerprint density at radius 1 is 1.56 bits per heavy atom. The Labute approximate surface area is 96.6 Å². The van der Waals surface area contributed by atoms with E-state index in [-0.39, 0.29) is 5.97 Å². The van der Waals surface area contributed by atoms with E-state index in [1.54, 1.807) is 6.92 Å². The van der Waals surface area contributed by atoms with Gasteiger partial charge in [0.2, 0.25) is 0 Å². The van der Waals surface area contributed by atoms with Gasteiger partial charge in [-0.1, -0.05) is 0 Å².